The molecule has 176 valence electrons. The number of nitrogens with zero attached hydrogens (tertiary/aromatic N) is 6. The van der Waals surface area contributed by atoms with E-state index in [-0.39, 0.29) is 11.5 Å². The number of rotatable bonds is 6. The number of nitrogen functional groups attached to an aromatic ring is 1. The summed E-state index contributed by atoms with van der Waals surface area (Å²) in [5, 5.41) is 0. The third kappa shape index (κ3) is 4.32. The van der Waals surface area contributed by atoms with Gasteiger partial charge in [-0.25, -0.2) is 9.97 Å². The van der Waals surface area contributed by atoms with E-state index in [1.165, 1.54) is 6.20 Å². The van der Waals surface area contributed by atoms with Crippen LogP contribution in [0.3, 0.4) is 0 Å². The van der Waals surface area contributed by atoms with Crippen molar-refractivity contribution < 1.29 is 9.15 Å². The van der Waals surface area contributed by atoms with Gasteiger partial charge in [0.05, 0.1) is 13.3 Å². The number of aromatic nitrogens is 4. The van der Waals surface area contributed by atoms with Crippen LogP contribution in [0.2, 0.25) is 0 Å². The summed E-state index contributed by atoms with van der Waals surface area (Å²) in [7, 11) is 1.68. The first kappa shape index (κ1) is 21.9. The van der Waals surface area contributed by atoms with Crippen LogP contribution >= 0.6 is 0 Å². The lowest BCUT2D eigenvalue weighted by atomic mass is 10.2. The fourth-order valence-electron chi connectivity index (χ4n) is 4.29. The van der Waals surface area contributed by atoms with E-state index in [9.17, 15) is 4.79 Å². The number of anilines is 2. The van der Waals surface area contributed by atoms with Crippen molar-refractivity contribution in [2.24, 2.45) is 0 Å². The van der Waals surface area contributed by atoms with Gasteiger partial charge in [-0.05, 0) is 31.2 Å². The molecule has 2 N–H and O–H groups in total. The fourth-order valence-corrected chi connectivity index (χ4v) is 4.29. The Labute approximate surface area is 196 Å². The van der Waals surface area contributed by atoms with Crippen LogP contribution < -0.4 is 20.9 Å². The fraction of sp³-hybridized carbons (Fsp3) is 0.333. The van der Waals surface area contributed by atoms with Gasteiger partial charge in [0.1, 0.15) is 22.7 Å². The smallest absolute Gasteiger partial charge is 0.270 e. The van der Waals surface area contributed by atoms with Crippen molar-refractivity contribution >= 4 is 22.8 Å². The minimum atomic E-state index is -0.220. The summed E-state index contributed by atoms with van der Waals surface area (Å²) in [6.45, 7) is 6.63. The molecule has 4 heterocycles. The first-order chi connectivity index (χ1) is 16.5. The highest BCUT2D eigenvalue weighted by Gasteiger charge is 2.20. The van der Waals surface area contributed by atoms with Gasteiger partial charge in [-0.2, -0.15) is 4.98 Å². The predicted molar refractivity (Wildman–Crippen MR) is 130 cm³/mol. The first-order valence-corrected chi connectivity index (χ1v) is 11.2. The van der Waals surface area contributed by atoms with Gasteiger partial charge in [-0.3, -0.25) is 14.3 Å². The van der Waals surface area contributed by atoms with Crippen LogP contribution in [0, 0.1) is 6.92 Å². The number of nitrogens with two attached hydrogens (primary N) is 1. The van der Waals surface area contributed by atoms with Gasteiger partial charge in [-0.1, -0.05) is 6.07 Å². The molecule has 0 saturated carbocycles. The number of hydrogen-bond donors (Lipinski definition) is 1. The molecule has 0 aliphatic carbocycles. The zero-order valence-electron chi connectivity index (χ0n) is 19.3. The monoisotopic (exact) mass is 461 g/mol. The number of hydrogen-bond acceptors (Lipinski definition) is 9. The Hall–Kier alpha value is -3.92. The molecular formula is C24H27N7O3. The van der Waals surface area contributed by atoms with Crippen molar-refractivity contribution in [2.45, 2.75) is 13.5 Å². The molecule has 4 aromatic rings. The van der Waals surface area contributed by atoms with E-state index in [2.05, 4.69) is 36.9 Å². The molecule has 3 aromatic heterocycles. The Kier molecular flexibility index (Phi) is 5.89. The highest BCUT2D eigenvalue weighted by Crippen LogP contribution is 2.26. The molecule has 0 bridgehead atoms. The topological polar surface area (TPSA) is 116 Å². The van der Waals surface area contributed by atoms with E-state index in [1.54, 1.807) is 11.7 Å². The van der Waals surface area contributed by atoms with Crippen LogP contribution in [0.15, 0.2) is 51.8 Å². The lowest BCUT2D eigenvalue weighted by Crippen LogP contribution is -2.47. The summed E-state index contributed by atoms with van der Waals surface area (Å²) in [5.74, 6) is 2.23. The minimum Gasteiger partial charge on any atom is -0.497 e. The SMILES string of the molecule is COc1cccc(N2CCN(CCn3c(=O)cnc4c(-c5ccc(C)o5)nc(N)nc43)CC2)c1. The lowest BCUT2D eigenvalue weighted by Gasteiger charge is -2.36. The normalized spacial score (nSPS) is 14.6. The standard InChI is InChI=1S/C24H27N7O3/c1-16-6-7-19(34-16)21-22-23(28-24(25)27-21)31(20(32)15-26-22)13-10-29-8-11-30(12-9-29)17-4-3-5-18(14-17)33-2/h3-7,14-15H,8-13H2,1-2H3,(H2,25,27,28). The summed E-state index contributed by atoms with van der Waals surface area (Å²) in [6, 6.07) is 11.8. The van der Waals surface area contributed by atoms with Crippen molar-refractivity contribution in [1.82, 2.24) is 24.4 Å². The number of aryl methyl sites for hydroxylation is 1. The van der Waals surface area contributed by atoms with Crippen molar-refractivity contribution in [3.63, 3.8) is 0 Å². The second-order valence-corrected chi connectivity index (χ2v) is 8.29. The largest absolute Gasteiger partial charge is 0.497 e. The quantitative estimate of drug-likeness (QED) is 0.461. The molecule has 0 amide bonds. The minimum absolute atomic E-state index is 0.0737. The van der Waals surface area contributed by atoms with Gasteiger partial charge >= 0.3 is 0 Å². The average Bonchev–Trinajstić information content (AvgIpc) is 3.29. The number of methoxy groups -OCH3 is 1. The van der Waals surface area contributed by atoms with Crippen LogP contribution in [0.5, 0.6) is 5.75 Å². The molecule has 1 fully saturated rings. The molecule has 10 heteroatoms. The van der Waals surface area contributed by atoms with Gasteiger partial charge in [0.2, 0.25) is 5.95 Å². The highest BCUT2D eigenvalue weighted by molar-refractivity contribution is 5.86. The molecule has 0 radical (unpaired) electrons. The molecule has 1 aliphatic heterocycles. The van der Waals surface area contributed by atoms with Crippen molar-refractivity contribution in [3.05, 3.63) is 58.7 Å². The predicted octanol–water partition coefficient (Wildman–Crippen LogP) is 2.17. The van der Waals surface area contributed by atoms with Gasteiger partial charge in [0, 0.05) is 51.0 Å². The van der Waals surface area contributed by atoms with Crippen molar-refractivity contribution in [2.75, 3.05) is 50.5 Å². The van der Waals surface area contributed by atoms with E-state index in [4.69, 9.17) is 14.9 Å². The molecule has 1 aromatic carbocycles. The first-order valence-electron chi connectivity index (χ1n) is 11.2. The molecular weight excluding hydrogens is 434 g/mol. The molecule has 34 heavy (non-hydrogen) atoms. The summed E-state index contributed by atoms with van der Waals surface area (Å²) in [5.41, 5.74) is 8.31. The van der Waals surface area contributed by atoms with E-state index in [0.717, 1.165) is 43.4 Å². The Morgan fingerprint density at radius 1 is 1.09 bits per heavy atom. The third-order valence-corrected chi connectivity index (χ3v) is 6.11. The Bertz CT molecular complexity index is 1370. The lowest BCUT2D eigenvalue weighted by molar-refractivity contribution is 0.248. The maximum Gasteiger partial charge on any atom is 0.270 e. The second kappa shape index (κ2) is 9.14. The Morgan fingerprint density at radius 2 is 1.91 bits per heavy atom. The molecule has 1 aliphatic rings. The van der Waals surface area contributed by atoms with Crippen LogP contribution in [0.4, 0.5) is 11.6 Å². The average molecular weight is 462 g/mol. The van der Waals surface area contributed by atoms with Gasteiger partial charge in [-0.15, -0.1) is 0 Å². The van der Waals surface area contributed by atoms with E-state index in [0.29, 0.717) is 35.7 Å². The van der Waals surface area contributed by atoms with Crippen LogP contribution in [0.1, 0.15) is 5.76 Å². The molecule has 1 saturated heterocycles. The molecule has 5 rings (SSSR count). The van der Waals surface area contributed by atoms with Crippen molar-refractivity contribution in [3.8, 4) is 17.2 Å². The van der Waals surface area contributed by atoms with E-state index in [1.807, 2.05) is 31.2 Å². The second-order valence-electron chi connectivity index (χ2n) is 8.29. The van der Waals surface area contributed by atoms with Gasteiger partial charge < -0.3 is 19.8 Å². The zero-order chi connectivity index (χ0) is 23.7. The maximum atomic E-state index is 12.7. The number of fused-ring (bicyclic) bond motifs is 1. The maximum absolute atomic E-state index is 12.7. The van der Waals surface area contributed by atoms with Gasteiger partial charge in [0.25, 0.3) is 5.56 Å². The number of piperazine rings is 1. The highest BCUT2D eigenvalue weighted by atomic mass is 16.5. The molecule has 10 nitrogen and oxygen atoms in total. The number of ether oxygens (including phenoxy) is 1. The number of benzene rings is 1. The van der Waals surface area contributed by atoms with Crippen LogP contribution in [0.25, 0.3) is 22.6 Å². The summed E-state index contributed by atoms with van der Waals surface area (Å²) >= 11 is 0. The van der Waals surface area contributed by atoms with E-state index < -0.39 is 0 Å². The van der Waals surface area contributed by atoms with Crippen LogP contribution in [-0.2, 0) is 6.54 Å². The third-order valence-electron chi connectivity index (χ3n) is 6.11. The number of furan rings is 1. The van der Waals surface area contributed by atoms with Crippen LogP contribution in [-0.4, -0.2) is 64.3 Å². The molecule has 0 atom stereocenters. The summed E-state index contributed by atoms with van der Waals surface area (Å²) in [6.07, 6.45) is 1.31. The molecule has 0 unspecified atom stereocenters. The van der Waals surface area contributed by atoms with Crippen molar-refractivity contribution in [1.29, 1.82) is 0 Å². The summed E-state index contributed by atoms with van der Waals surface area (Å²) < 4.78 is 12.7. The molecule has 0 spiro atoms. The zero-order valence-corrected chi connectivity index (χ0v) is 19.3. The Balaban J connectivity index is 1.33. The van der Waals surface area contributed by atoms with Gasteiger partial charge in [0.15, 0.2) is 11.4 Å². The van der Waals surface area contributed by atoms with E-state index >= 15 is 0 Å². The summed E-state index contributed by atoms with van der Waals surface area (Å²) in [4.78, 5) is 30.4. The Morgan fingerprint density at radius 3 is 2.65 bits per heavy atom.